The summed E-state index contributed by atoms with van der Waals surface area (Å²) in [5, 5.41) is 0.161. The maximum absolute atomic E-state index is 12.3. The van der Waals surface area contributed by atoms with Crippen LogP contribution in [0.25, 0.3) is 0 Å². The van der Waals surface area contributed by atoms with Crippen molar-refractivity contribution in [1.82, 2.24) is 4.98 Å². The molecule has 1 heterocycles. The highest BCUT2D eigenvalue weighted by atomic mass is 127. The molecule has 0 N–H and O–H groups in total. The summed E-state index contributed by atoms with van der Waals surface area (Å²) in [7, 11) is 0. The largest absolute Gasteiger partial charge is 0.433 e. The van der Waals surface area contributed by atoms with Crippen LogP contribution in [0.5, 0.6) is 0 Å². The number of hydrogen-bond donors (Lipinski definition) is 0. The molecule has 13 heavy (non-hydrogen) atoms. The number of rotatable bonds is 1. The van der Waals surface area contributed by atoms with Gasteiger partial charge in [-0.15, -0.1) is 0 Å². The van der Waals surface area contributed by atoms with Crippen LogP contribution in [0.4, 0.5) is 13.2 Å². The molecule has 0 saturated carbocycles. The van der Waals surface area contributed by atoms with Gasteiger partial charge in [-0.05, 0) is 28.7 Å². The molecular formula is C7H4BrF3IN. The van der Waals surface area contributed by atoms with Gasteiger partial charge < -0.3 is 0 Å². The predicted octanol–water partition coefficient (Wildman–Crippen LogP) is 3.60. The number of nitrogens with zero attached hydrogens (tertiary/aromatic N) is 1. The van der Waals surface area contributed by atoms with E-state index < -0.39 is 11.9 Å². The molecule has 1 aromatic heterocycles. The smallest absolute Gasteiger partial charge is 0.251 e. The van der Waals surface area contributed by atoms with Gasteiger partial charge in [-0.3, -0.25) is 4.98 Å². The monoisotopic (exact) mass is 365 g/mol. The molecule has 0 bridgehead atoms. The van der Waals surface area contributed by atoms with E-state index >= 15 is 0 Å². The highest BCUT2D eigenvalue weighted by Gasteiger charge is 2.35. The summed E-state index contributed by atoms with van der Waals surface area (Å²) in [6.45, 7) is 0. The second kappa shape index (κ2) is 4.12. The molecular weight excluding hydrogens is 362 g/mol. The van der Waals surface area contributed by atoms with Gasteiger partial charge >= 0.3 is 6.18 Å². The van der Waals surface area contributed by atoms with E-state index in [9.17, 15) is 13.2 Å². The second-order valence-electron chi connectivity index (χ2n) is 2.25. The molecule has 1 aromatic rings. The minimum absolute atomic E-state index is 0.161. The molecule has 0 spiro atoms. The Balaban J connectivity index is 3.29. The van der Waals surface area contributed by atoms with E-state index in [0.29, 0.717) is 3.57 Å². The molecule has 0 aliphatic rings. The molecule has 0 atom stereocenters. The zero-order valence-electron chi connectivity index (χ0n) is 6.20. The van der Waals surface area contributed by atoms with Gasteiger partial charge in [0.1, 0.15) is 5.69 Å². The van der Waals surface area contributed by atoms with E-state index in [1.807, 2.05) is 22.6 Å². The maximum Gasteiger partial charge on any atom is 0.433 e. The van der Waals surface area contributed by atoms with Gasteiger partial charge in [0.15, 0.2) is 0 Å². The van der Waals surface area contributed by atoms with Crippen molar-refractivity contribution in [2.75, 3.05) is 0 Å². The van der Waals surface area contributed by atoms with Crippen molar-refractivity contribution in [3.63, 3.8) is 0 Å². The quantitative estimate of drug-likeness (QED) is 0.547. The first-order valence-corrected chi connectivity index (χ1v) is 5.43. The van der Waals surface area contributed by atoms with Crippen molar-refractivity contribution >= 4 is 38.5 Å². The fraction of sp³-hybridized carbons (Fsp3) is 0.286. The zero-order chi connectivity index (χ0) is 10.1. The van der Waals surface area contributed by atoms with Gasteiger partial charge in [-0.1, -0.05) is 15.9 Å². The van der Waals surface area contributed by atoms with E-state index in [2.05, 4.69) is 20.9 Å². The summed E-state index contributed by atoms with van der Waals surface area (Å²) >= 11 is 4.86. The summed E-state index contributed by atoms with van der Waals surface area (Å²) in [4.78, 5) is 3.32. The third-order valence-corrected chi connectivity index (χ3v) is 2.97. The van der Waals surface area contributed by atoms with Gasteiger partial charge in [-0.2, -0.15) is 13.2 Å². The molecule has 0 fully saturated rings. The molecule has 0 saturated heterocycles. The van der Waals surface area contributed by atoms with Crippen molar-refractivity contribution < 1.29 is 13.2 Å². The van der Waals surface area contributed by atoms with Crippen LogP contribution in [-0.2, 0) is 11.5 Å². The lowest BCUT2D eigenvalue weighted by Gasteiger charge is -2.10. The Bertz CT molecular complexity index is 313. The Kier molecular flexibility index (Phi) is 3.56. The third kappa shape index (κ3) is 2.55. The van der Waals surface area contributed by atoms with Crippen LogP contribution in [-0.4, -0.2) is 4.98 Å². The van der Waals surface area contributed by atoms with E-state index in [-0.39, 0.29) is 10.9 Å². The van der Waals surface area contributed by atoms with Crippen LogP contribution in [0, 0.1) is 3.57 Å². The van der Waals surface area contributed by atoms with Gasteiger partial charge in [0, 0.05) is 20.7 Å². The molecule has 0 aliphatic heterocycles. The summed E-state index contributed by atoms with van der Waals surface area (Å²) < 4.78 is 37.6. The molecule has 0 unspecified atom stereocenters. The molecule has 1 nitrogen and oxygen atoms in total. The van der Waals surface area contributed by atoms with E-state index in [4.69, 9.17) is 0 Å². The van der Waals surface area contributed by atoms with Crippen LogP contribution < -0.4 is 0 Å². The molecule has 0 aliphatic carbocycles. The zero-order valence-corrected chi connectivity index (χ0v) is 9.94. The summed E-state index contributed by atoms with van der Waals surface area (Å²) in [6, 6.07) is 1.55. The van der Waals surface area contributed by atoms with Crippen LogP contribution >= 0.6 is 38.5 Å². The van der Waals surface area contributed by atoms with Gasteiger partial charge in [-0.25, -0.2) is 0 Å². The first-order chi connectivity index (χ1) is 5.96. The van der Waals surface area contributed by atoms with Crippen molar-refractivity contribution in [3.05, 3.63) is 27.1 Å². The summed E-state index contributed by atoms with van der Waals surface area (Å²) in [6.07, 6.45) is -3.21. The van der Waals surface area contributed by atoms with Crippen LogP contribution in [0.3, 0.4) is 0 Å². The lowest BCUT2D eigenvalue weighted by atomic mass is 10.2. The Morgan fingerprint density at radius 3 is 2.46 bits per heavy atom. The van der Waals surface area contributed by atoms with Crippen LogP contribution in [0.2, 0.25) is 0 Å². The second-order valence-corrected chi connectivity index (χ2v) is 3.97. The van der Waals surface area contributed by atoms with E-state index in [1.165, 1.54) is 0 Å². The molecule has 72 valence electrons. The highest BCUT2D eigenvalue weighted by molar-refractivity contribution is 14.1. The average Bonchev–Trinajstić information content (AvgIpc) is 2.02. The van der Waals surface area contributed by atoms with Gasteiger partial charge in [0.2, 0.25) is 0 Å². The standard InChI is InChI=1S/C7H4BrF3IN/c8-3-4-5(12)1-2-13-6(4)7(9,10)11/h1-2H,3H2. The lowest BCUT2D eigenvalue weighted by Crippen LogP contribution is -2.12. The molecule has 0 aromatic carbocycles. The van der Waals surface area contributed by atoms with Crippen molar-refractivity contribution in [3.8, 4) is 0 Å². The Morgan fingerprint density at radius 1 is 1.46 bits per heavy atom. The Labute approximate surface area is 95.0 Å². The van der Waals surface area contributed by atoms with E-state index in [1.54, 1.807) is 6.07 Å². The SMILES string of the molecule is FC(F)(F)c1nccc(I)c1CBr. The van der Waals surface area contributed by atoms with Crippen molar-refractivity contribution in [2.45, 2.75) is 11.5 Å². The van der Waals surface area contributed by atoms with E-state index in [0.717, 1.165) is 6.20 Å². The highest BCUT2D eigenvalue weighted by Crippen LogP contribution is 2.32. The summed E-state index contributed by atoms with van der Waals surface area (Å²) in [5.41, 5.74) is -0.619. The fourth-order valence-electron chi connectivity index (χ4n) is 0.840. The maximum atomic E-state index is 12.3. The minimum Gasteiger partial charge on any atom is -0.251 e. The number of hydrogen-bond acceptors (Lipinski definition) is 1. The normalized spacial score (nSPS) is 11.8. The first kappa shape index (κ1) is 11.2. The van der Waals surface area contributed by atoms with Gasteiger partial charge in [0.25, 0.3) is 0 Å². The van der Waals surface area contributed by atoms with Crippen LogP contribution in [0.15, 0.2) is 12.3 Å². The fourth-order valence-corrected chi connectivity index (χ4v) is 2.54. The summed E-state index contributed by atoms with van der Waals surface area (Å²) in [5.74, 6) is 0. The Hall–Kier alpha value is 0.150. The topological polar surface area (TPSA) is 12.9 Å². The molecule has 0 amide bonds. The molecule has 0 radical (unpaired) electrons. The first-order valence-electron chi connectivity index (χ1n) is 3.23. The third-order valence-electron chi connectivity index (χ3n) is 1.40. The van der Waals surface area contributed by atoms with Crippen molar-refractivity contribution in [2.24, 2.45) is 0 Å². The lowest BCUT2D eigenvalue weighted by molar-refractivity contribution is -0.141. The van der Waals surface area contributed by atoms with Crippen molar-refractivity contribution in [1.29, 1.82) is 0 Å². The number of aromatic nitrogens is 1. The molecule has 1 rings (SSSR count). The number of alkyl halides is 4. The average molecular weight is 366 g/mol. The minimum atomic E-state index is -4.37. The number of halogens is 5. The number of pyridine rings is 1. The Morgan fingerprint density at radius 2 is 2.08 bits per heavy atom. The molecule has 6 heteroatoms. The predicted molar refractivity (Wildman–Crippen MR) is 54.6 cm³/mol. The van der Waals surface area contributed by atoms with Crippen LogP contribution in [0.1, 0.15) is 11.3 Å². The van der Waals surface area contributed by atoms with Gasteiger partial charge in [0.05, 0.1) is 0 Å².